The van der Waals surface area contributed by atoms with Crippen LogP contribution in [0.4, 0.5) is 0 Å². The van der Waals surface area contributed by atoms with Crippen LogP contribution in [-0.2, 0) is 19.0 Å². The van der Waals surface area contributed by atoms with Gasteiger partial charge in [-0.25, -0.2) is 0 Å². The van der Waals surface area contributed by atoms with Crippen molar-refractivity contribution in [3.63, 3.8) is 0 Å². The molecule has 2 aliphatic rings. The lowest BCUT2D eigenvalue weighted by atomic mass is 9.96. The largest absolute Gasteiger partial charge is 0.394 e. The Balaban J connectivity index is 1.68. The molecule has 0 spiro atoms. The highest BCUT2D eigenvalue weighted by atomic mass is 16.7. The second-order valence-electron chi connectivity index (χ2n) is 18.7. The maximum atomic E-state index is 13.2. The van der Waals surface area contributed by atoms with Crippen LogP contribution in [0.1, 0.15) is 245 Å². The van der Waals surface area contributed by atoms with Gasteiger partial charge in [-0.1, -0.05) is 226 Å². The van der Waals surface area contributed by atoms with Crippen LogP contribution in [-0.4, -0.2) is 99.7 Å². The molecular formula is C50H97NO9. The standard InChI is InChI=1S/C50H97NO9/c1-3-5-7-9-11-13-15-17-18-19-20-21-22-23-24-25-26-28-30-32-34-36-41-38-45(53)51-42(40-58-50-49(57)48(56)47(55)44(39-52)60-50)46(54)43(59-41)37-35-33-31-29-27-16-14-12-10-8-6-4-2/h41-44,46-50,52,54-57H,3-40H2,1-2H3,(H,51,53)/t41?,42-,43+,44?,46-,47?,48?,49?,50?/m0/s1. The van der Waals surface area contributed by atoms with Crippen molar-refractivity contribution in [2.75, 3.05) is 13.2 Å². The molecule has 2 rings (SSSR count). The van der Waals surface area contributed by atoms with Crippen LogP contribution < -0.4 is 5.32 Å². The van der Waals surface area contributed by atoms with E-state index in [-0.39, 0.29) is 25.0 Å². The number of nitrogens with one attached hydrogen (secondary N) is 1. The van der Waals surface area contributed by atoms with Crippen LogP contribution in [0, 0.1) is 0 Å². The molecule has 2 aliphatic heterocycles. The third-order valence-corrected chi connectivity index (χ3v) is 13.2. The van der Waals surface area contributed by atoms with Crippen molar-refractivity contribution in [2.45, 2.75) is 300 Å². The minimum atomic E-state index is -1.57. The zero-order valence-corrected chi connectivity index (χ0v) is 38.9. The zero-order chi connectivity index (χ0) is 43.5. The van der Waals surface area contributed by atoms with Gasteiger partial charge in [0.15, 0.2) is 6.29 Å². The molecule has 2 saturated heterocycles. The minimum absolute atomic E-state index is 0.196. The van der Waals surface area contributed by atoms with E-state index in [1.54, 1.807) is 0 Å². The Labute approximate surface area is 368 Å². The predicted molar refractivity (Wildman–Crippen MR) is 244 cm³/mol. The van der Waals surface area contributed by atoms with Gasteiger partial charge in [-0.15, -0.1) is 0 Å². The number of ether oxygens (including phenoxy) is 3. The molecule has 2 heterocycles. The van der Waals surface area contributed by atoms with Gasteiger partial charge in [0.1, 0.15) is 30.5 Å². The van der Waals surface area contributed by atoms with Gasteiger partial charge in [0, 0.05) is 0 Å². The first-order chi connectivity index (χ1) is 29.3. The SMILES string of the molecule is CCCCCCCCCCCCCCCCCCCCCCCC1CC(=O)N[C@@H](COC2OC(CO)C(O)C(O)C2O)[C@H](O)[C@@H](CCCCCCCCCCCCCC)O1. The molecule has 0 radical (unpaired) electrons. The highest BCUT2D eigenvalue weighted by molar-refractivity contribution is 5.77. The fourth-order valence-corrected chi connectivity index (χ4v) is 9.14. The fraction of sp³-hybridized carbons (Fsp3) is 0.980. The molecule has 6 unspecified atom stereocenters. The summed E-state index contributed by atoms with van der Waals surface area (Å²) in [5.41, 5.74) is 0. The minimum Gasteiger partial charge on any atom is -0.394 e. The lowest BCUT2D eigenvalue weighted by Gasteiger charge is -2.41. The number of aliphatic hydroxyl groups excluding tert-OH is 5. The molecular weight excluding hydrogens is 759 g/mol. The van der Waals surface area contributed by atoms with Crippen LogP contribution in [0.15, 0.2) is 0 Å². The van der Waals surface area contributed by atoms with Crippen LogP contribution >= 0.6 is 0 Å². The average molecular weight is 856 g/mol. The molecule has 356 valence electrons. The number of aliphatic hydroxyl groups is 5. The molecule has 0 bridgehead atoms. The number of carbonyl (C=O) groups is 1. The van der Waals surface area contributed by atoms with Crippen molar-refractivity contribution >= 4 is 5.91 Å². The Kier molecular flexibility index (Phi) is 34.6. The normalized spacial score (nSPS) is 26.2. The average Bonchev–Trinajstić information content (AvgIpc) is 3.24. The summed E-state index contributed by atoms with van der Waals surface area (Å²) in [5, 5.41) is 55.0. The van der Waals surface area contributed by atoms with Gasteiger partial charge in [-0.3, -0.25) is 4.79 Å². The molecule has 1 amide bonds. The van der Waals surface area contributed by atoms with Crippen molar-refractivity contribution in [1.82, 2.24) is 5.32 Å². The van der Waals surface area contributed by atoms with E-state index in [0.29, 0.717) is 6.42 Å². The van der Waals surface area contributed by atoms with Crippen LogP contribution in [0.25, 0.3) is 0 Å². The maximum Gasteiger partial charge on any atom is 0.222 e. The number of carbonyl (C=O) groups excluding carboxylic acids is 1. The first-order valence-corrected chi connectivity index (χ1v) is 25.9. The van der Waals surface area contributed by atoms with E-state index < -0.39 is 55.6 Å². The van der Waals surface area contributed by atoms with Gasteiger partial charge in [-0.05, 0) is 12.8 Å². The lowest BCUT2D eigenvalue weighted by molar-refractivity contribution is -0.303. The first kappa shape index (κ1) is 55.3. The summed E-state index contributed by atoms with van der Waals surface area (Å²) in [6.45, 7) is 3.78. The van der Waals surface area contributed by atoms with E-state index in [1.807, 2.05) is 0 Å². The smallest absolute Gasteiger partial charge is 0.222 e. The fourth-order valence-electron chi connectivity index (χ4n) is 9.14. The van der Waals surface area contributed by atoms with Gasteiger partial charge in [0.25, 0.3) is 0 Å². The molecule has 10 nitrogen and oxygen atoms in total. The van der Waals surface area contributed by atoms with Crippen molar-refractivity contribution in [1.29, 1.82) is 0 Å². The van der Waals surface area contributed by atoms with E-state index in [0.717, 1.165) is 38.5 Å². The Morgan fingerprint density at radius 2 is 0.867 bits per heavy atom. The van der Waals surface area contributed by atoms with Crippen molar-refractivity contribution < 1.29 is 44.5 Å². The summed E-state index contributed by atoms with van der Waals surface area (Å²) in [7, 11) is 0. The highest BCUT2D eigenvalue weighted by Gasteiger charge is 2.45. The summed E-state index contributed by atoms with van der Waals surface area (Å²) in [6.07, 6.45) is 35.9. The number of hydrogen-bond donors (Lipinski definition) is 6. The molecule has 9 atom stereocenters. The van der Waals surface area contributed by atoms with E-state index >= 15 is 0 Å². The molecule has 10 heteroatoms. The van der Waals surface area contributed by atoms with E-state index in [4.69, 9.17) is 14.2 Å². The first-order valence-electron chi connectivity index (χ1n) is 25.9. The summed E-state index contributed by atoms with van der Waals surface area (Å²) in [5.74, 6) is -0.228. The Hall–Kier alpha value is -0.850. The monoisotopic (exact) mass is 856 g/mol. The molecule has 0 aliphatic carbocycles. The Morgan fingerprint density at radius 1 is 0.483 bits per heavy atom. The maximum absolute atomic E-state index is 13.2. The number of hydrogen-bond acceptors (Lipinski definition) is 9. The third-order valence-electron chi connectivity index (χ3n) is 13.2. The van der Waals surface area contributed by atoms with Crippen LogP contribution in [0.2, 0.25) is 0 Å². The molecule has 0 aromatic rings. The highest BCUT2D eigenvalue weighted by Crippen LogP contribution is 2.26. The van der Waals surface area contributed by atoms with Gasteiger partial charge in [0.2, 0.25) is 5.91 Å². The van der Waals surface area contributed by atoms with E-state index in [9.17, 15) is 30.3 Å². The zero-order valence-electron chi connectivity index (χ0n) is 38.9. The Bertz CT molecular complexity index is 972. The van der Waals surface area contributed by atoms with Crippen LogP contribution in [0.5, 0.6) is 0 Å². The summed E-state index contributed by atoms with van der Waals surface area (Å²) >= 11 is 0. The summed E-state index contributed by atoms with van der Waals surface area (Å²) in [4.78, 5) is 13.2. The molecule has 0 saturated carbocycles. The van der Waals surface area contributed by atoms with Crippen molar-refractivity contribution in [2.24, 2.45) is 0 Å². The molecule has 60 heavy (non-hydrogen) atoms. The number of amides is 1. The van der Waals surface area contributed by atoms with E-state index in [1.165, 1.54) is 180 Å². The van der Waals surface area contributed by atoms with Gasteiger partial charge in [-0.2, -0.15) is 0 Å². The van der Waals surface area contributed by atoms with Gasteiger partial charge in [0.05, 0.1) is 37.9 Å². The van der Waals surface area contributed by atoms with Gasteiger partial charge < -0.3 is 45.1 Å². The summed E-state index contributed by atoms with van der Waals surface area (Å²) < 4.78 is 17.9. The molecule has 0 aromatic carbocycles. The lowest BCUT2D eigenvalue weighted by Crippen LogP contribution is -2.60. The second-order valence-corrected chi connectivity index (χ2v) is 18.7. The predicted octanol–water partition coefficient (Wildman–Crippen LogP) is 10.5. The van der Waals surface area contributed by atoms with Crippen molar-refractivity contribution in [3.8, 4) is 0 Å². The van der Waals surface area contributed by atoms with Crippen molar-refractivity contribution in [3.05, 3.63) is 0 Å². The molecule has 0 aromatic heterocycles. The quantitative estimate of drug-likeness (QED) is 0.0331. The van der Waals surface area contributed by atoms with Gasteiger partial charge >= 0.3 is 0 Å². The second kappa shape index (κ2) is 37.5. The third kappa shape index (κ3) is 26.1. The van der Waals surface area contributed by atoms with E-state index in [2.05, 4.69) is 19.2 Å². The molecule has 2 fully saturated rings. The topological polar surface area (TPSA) is 158 Å². The Morgan fingerprint density at radius 3 is 1.27 bits per heavy atom. The van der Waals surface area contributed by atoms with Crippen LogP contribution in [0.3, 0.4) is 0 Å². The summed E-state index contributed by atoms with van der Waals surface area (Å²) in [6, 6.07) is -0.822. The molecule has 6 N–H and O–H groups in total. The number of unbranched alkanes of at least 4 members (excludes halogenated alkanes) is 31. The number of rotatable bonds is 39.